The molecule has 18 heavy (non-hydrogen) atoms. The molecular weight excluding hydrogens is 220 g/mol. The van der Waals surface area contributed by atoms with Gasteiger partial charge >= 0.3 is 0 Å². The molecular formula is C16H20N2. The van der Waals surface area contributed by atoms with Gasteiger partial charge in [-0.1, -0.05) is 48.5 Å². The van der Waals surface area contributed by atoms with Crippen LogP contribution in [0, 0.1) is 0 Å². The van der Waals surface area contributed by atoms with Crippen molar-refractivity contribution in [3.8, 4) is 0 Å². The van der Waals surface area contributed by atoms with Crippen molar-refractivity contribution < 1.29 is 0 Å². The van der Waals surface area contributed by atoms with E-state index in [9.17, 15) is 0 Å². The second kappa shape index (κ2) is 6.22. The van der Waals surface area contributed by atoms with Gasteiger partial charge in [0.05, 0.1) is 6.04 Å². The van der Waals surface area contributed by atoms with Crippen molar-refractivity contribution in [1.82, 2.24) is 4.90 Å². The smallest absolute Gasteiger partial charge is 0.0515 e. The third-order valence-corrected chi connectivity index (χ3v) is 3.08. The minimum Gasteiger partial charge on any atom is -0.383 e. The number of rotatable bonds is 5. The first-order valence-electron chi connectivity index (χ1n) is 6.27. The van der Waals surface area contributed by atoms with E-state index in [4.69, 9.17) is 0 Å². The molecule has 0 radical (unpaired) electrons. The molecule has 0 saturated carbocycles. The van der Waals surface area contributed by atoms with Crippen molar-refractivity contribution in [1.29, 1.82) is 0 Å². The van der Waals surface area contributed by atoms with E-state index in [0.717, 1.165) is 6.54 Å². The molecule has 2 heteroatoms. The number of benzene rings is 2. The zero-order chi connectivity index (χ0) is 12.8. The Morgan fingerprint density at radius 3 is 2.00 bits per heavy atom. The molecule has 94 valence electrons. The lowest BCUT2D eigenvalue weighted by atomic mass is 10.1. The van der Waals surface area contributed by atoms with E-state index in [2.05, 4.69) is 78.9 Å². The molecule has 1 N–H and O–H groups in total. The standard InChI is InChI=1S/C16H20N2/c1-18(2)16(14-9-5-3-6-10-14)13-17-15-11-7-4-8-12-15/h3-12,16-17H,13H2,1-2H3. The first-order valence-corrected chi connectivity index (χ1v) is 6.27. The Labute approximate surface area is 109 Å². The third-order valence-electron chi connectivity index (χ3n) is 3.08. The Hall–Kier alpha value is -1.80. The largest absolute Gasteiger partial charge is 0.383 e. The van der Waals surface area contributed by atoms with E-state index < -0.39 is 0 Å². The Morgan fingerprint density at radius 1 is 0.889 bits per heavy atom. The van der Waals surface area contributed by atoms with Crippen LogP contribution in [0.15, 0.2) is 60.7 Å². The molecule has 2 aromatic rings. The van der Waals surface area contributed by atoms with Gasteiger partial charge in [0, 0.05) is 12.2 Å². The summed E-state index contributed by atoms with van der Waals surface area (Å²) in [5, 5.41) is 3.48. The van der Waals surface area contributed by atoms with Crippen molar-refractivity contribution in [3.05, 3.63) is 66.2 Å². The number of hydrogen-bond donors (Lipinski definition) is 1. The normalized spacial score (nSPS) is 12.4. The van der Waals surface area contributed by atoms with E-state index in [1.807, 2.05) is 6.07 Å². The summed E-state index contributed by atoms with van der Waals surface area (Å²) in [5.41, 5.74) is 2.51. The maximum absolute atomic E-state index is 3.48. The van der Waals surface area contributed by atoms with Gasteiger partial charge in [-0.05, 0) is 31.8 Å². The molecule has 0 heterocycles. The summed E-state index contributed by atoms with van der Waals surface area (Å²) in [5.74, 6) is 0. The zero-order valence-electron chi connectivity index (χ0n) is 11.0. The lowest BCUT2D eigenvalue weighted by Gasteiger charge is -2.25. The molecule has 0 saturated heterocycles. The fraction of sp³-hybridized carbons (Fsp3) is 0.250. The van der Waals surface area contributed by atoms with Gasteiger partial charge in [-0.15, -0.1) is 0 Å². The molecule has 0 aliphatic rings. The highest BCUT2D eigenvalue weighted by Crippen LogP contribution is 2.18. The van der Waals surface area contributed by atoms with Gasteiger partial charge < -0.3 is 10.2 Å². The highest BCUT2D eigenvalue weighted by atomic mass is 15.1. The summed E-state index contributed by atoms with van der Waals surface area (Å²) >= 11 is 0. The van der Waals surface area contributed by atoms with Gasteiger partial charge in [-0.3, -0.25) is 0 Å². The lowest BCUT2D eigenvalue weighted by Crippen LogP contribution is -2.26. The first kappa shape index (κ1) is 12.7. The number of para-hydroxylation sites is 1. The second-order valence-corrected chi connectivity index (χ2v) is 4.64. The van der Waals surface area contributed by atoms with Gasteiger partial charge in [-0.2, -0.15) is 0 Å². The van der Waals surface area contributed by atoms with Crippen molar-refractivity contribution in [2.24, 2.45) is 0 Å². The minimum absolute atomic E-state index is 0.381. The number of anilines is 1. The molecule has 1 atom stereocenters. The number of likely N-dealkylation sites (N-methyl/N-ethyl adjacent to an activating group) is 1. The Bertz CT molecular complexity index is 451. The topological polar surface area (TPSA) is 15.3 Å². The Kier molecular flexibility index (Phi) is 4.37. The summed E-state index contributed by atoms with van der Waals surface area (Å²) in [4.78, 5) is 2.24. The number of nitrogens with zero attached hydrogens (tertiary/aromatic N) is 1. The lowest BCUT2D eigenvalue weighted by molar-refractivity contribution is 0.312. The predicted octanol–water partition coefficient (Wildman–Crippen LogP) is 3.40. The summed E-state index contributed by atoms with van der Waals surface area (Å²) < 4.78 is 0. The SMILES string of the molecule is CN(C)C(CNc1ccccc1)c1ccccc1. The average molecular weight is 240 g/mol. The Morgan fingerprint density at radius 2 is 1.44 bits per heavy atom. The molecule has 2 nitrogen and oxygen atoms in total. The van der Waals surface area contributed by atoms with Crippen molar-refractivity contribution in [2.45, 2.75) is 6.04 Å². The van der Waals surface area contributed by atoms with Crippen LogP contribution in [0.2, 0.25) is 0 Å². The van der Waals surface area contributed by atoms with Crippen LogP contribution >= 0.6 is 0 Å². The van der Waals surface area contributed by atoms with E-state index in [-0.39, 0.29) is 0 Å². The number of hydrogen-bond acceptors (Lipinski definition) is 2. The summed E-state index contributed by atoms with van der Waals surface area (Å²) in [6.07, 6.45) is 0. The van der Waals surface area contributed by atoms with Gasteiger partial charge in [0.2, 0.25) is 0 Å². The predicted molar refractivity (Wildman–Crippen MR) is 77.8 cm³/mol. The van der Waals surface area contributed by atoms with E-state index in [1.54, 1.807) is 0 Å². The van der Waals surface area contributed by atoms with Gasteiger partial charge in [0.25, 0.3) is 0 Å². The van der Waals surface area contributed by atoms with E-state index >= 15 is 0 Å². The summed E-state index contributed by atoms with van der Waals surface area (Å²) in [6, 6.07) is 21.3. The molecule has 2 aromatic carbocycles. The van der Waals surface area contributed by atoms with Gasteiger partial charge in [-0.25, -0.2) is 0 Å². The van der Waals surface area contributed by atoms with Crippen LogP contribution in [-0.4, -0.2) is 25.5 Å². The van der Waals surface area contributed by atoms with Gasteiger partial charge in [0.1, 0.15) is 0 Å². The van der Waals surface area contributed by atoms with Crippen LogP contribution in [0.4, 0.5) is 5.69 Å². The van der Waals surface area contributed by atoms with E-state index in [0.29, 0.717) is 6.04 Å². The van der Waals surface area contributed by atoms with Crippen molar-refractivity contribution in [3.63, 3.8) is 0 Å². The molecule has 2 rings (SSSR count). The zero-order valence-corrected chi connectivity index (χ0v) is 11.0. The summed E-state index contributed by atoms with van der Waals surface area (Å²) in [6.45, 7) is 0.904. The van der Waals surface area contributed by atoms with Crippen molar-refractivity contribution >= 4 is 5.69 Å². The van der Waals surface area contributed by atoms with Gasteiger partial charge in [0.15, 0.2) is 0 Å². The molecule has 0 amide bonds. The van der Waals surface area contributed by atoms with Crippen LogP contribution < -0.4 is 5.32 Å². The molecule has 0 aliphatic carbocycles. The fourth-order valence-corrected chi connectivity index (χ4v) is 2.04. The second-order valence-electron chi connectivity index (χ2n) is 4.64. The van der Waals surface area contributed by atoms with E-state index in [1.165, 1.54) is 11.3 Å². The molecule has 1 unspecified atom stereocenters. The maximum Gasteiger partial charge on any atom is 0.0515 e. The van der Waals surface area contributed by atoms with Crippen LogP contribution in [0.25, 0.3) is 0 Å². The van der Waals surface area contributed by atoms with Crippen LogP contribution in [-0.2, 0) is 0 Å². The molecule has 0 fully saturated rings. The molecule has 0 aliphatic heterocycles. The van der Waals surface area contributed by atoms with Crippen molar-refractivity contribution in [2.75, 3.05) is 26.0 Å². The van der Waals surface area contributed by atoms with Crippen LogP contribution in [0.5, 0.6) is 0 Å². The van der Waals surface area contributed by atoms with Crippen LogP contribution in [0.1, 0.15) is 11.6 Å². The number of nitrogens with one attached hydrogen (secondary N) is 1. The minimum atomic E-state index is 0.381. The maximum atomic E-state index is 3.48. The molecule has 0 spiro atoms. The fourth-order valence-electron chi connectivity index (χ4n) is 2.04. The third kappa shape index (κ3) is 3.34. The Balaban J connectivity index is 2.04. The molecule has 0 aromatic heterocycles. The first-order chi connectivity index (χ1) is 8.77. The quantitative estimate of drug-likeness (QED) is 0.861. The average Bonchev–Trinajstić information content (AvgIpc) is 2.41. The highest BCUT2D eigenvalue weighted by molar-refractivity contribution is 5.42. The monoisotopic (exact) mass is 240 g/mol. The summed E-state index contributed by atoms with van der Waals surface area (Å²) in [7, 11) is 4.23. The molecule has 0 bridgehead atoms. The highest BCUT2D eigenvalue weighted by Gasteiger charge is 2.12. The van der Waals surface area contributed by atoms with Crippen LogP contribution in [0.3, 0.4) is 0 Å².